The van der Waals surface area contributed by atoms with Gasteiger partial charge in [0.25, 0.3) is 0 Å². The lowest BCUT2D eigenvalue weighted by Crippen LogP contribution is -2.45. The first kappa shape index (κ1) is 21.3. The fourth-order valence-electron chi connectivity index (χ4n) is 4.08. The number of carbonyl (C=O) groups is 1. The zero-order chi connectivity index (χ0) is 22.1. The van der Waals surface area contributed by atoms with Crippen molar-refractivity contribution in [3.63, 3.8) is 0 Å². The average Bonchev–Trinajstić information content (AvgIpc) is 3.37. The summed E-state index contributed by atoms with van der Waals surface area (Å²) in [7, 11) is 4.03. The van der Waals surface area contributed by atoms with E-state index < -0.39 is 11.9 Å². The number of H-pyrrole nitrogens is 1. The summed E-state index contributed by atoms with van der Waals surface area (Å²) in [6, 6.07) is 6.08. The highest BCUT2D eigenvalue weighted by Gasteiger charge is 2.30. The number of rotatable bonds is 6. The highest BCUT2D eigenvalue weighted by atomic mass is 19.1. The van der Waals surface area contributed by atoms with Gasteiger partial charge in [-0.2, -0.15) is 0 Å². The Hall–Kier alpha value is -2.97. The maximum atomic E-state index is 14.8. The molecule has 2 aromatic heterocycles. The summed E-state index contributed by atoms with van der Waals surface area (Å²) in [5.74, 6) is 0.0632. The lowest BCUT2D eigenvalue weighted by atomic mass is 10.1. The maximum absolute atomic E-state index is 14.8. The largest absolute Gasteiger partial charge is 0.453 e. The van der Waals surface area contributed by atoms with Crippen LogP contribution in [0.3, 0.4) is 0 Å². The number of nitrogens with one attached hydrogen (secondary N) is 1. The molecule has 4 rings (SSSR count). The lowest BCUT2D eigenvalue weighted by molar-refractivity contribution is -0.131. The Labute approximate surface area is 181 Å². The van der Waals surface area contributed by atoms with Crippen LogP contribution in [0.1, 0.15) is 17.5 Å². The second kappa shape index (κ2) is 8.64. The zero-order valence-corrected chi connectivity index (χ0v) is 18.1. The third-order valence-corrected chi connectivity index (χ3v) is 5.93. The van der Waals surface area contributed by atoms with E-state index in [2.05, 4.69) is 14.9 Å². The molecule has 0 bridgehead atoms. The molecule has 3 N–H and O–H groups in total. The van der Waals surface area contributed by atoms with Gasteiger partial charge in [0.15, 0.2) is 11.6 Å². The quantitative estimate of drug-likeness (QED) is 0.634. The number of likely N-dealkylation sites (N-methyl/N-ethyl adjacent to an activating group) is 1. The van der Waals surface area contributed by atoms with Gasteiger partial charge in [-0.3, -0.25) is 4.79 Å². The molecule has 0 aliphatic carbocycles. The van der Waals surface area contributed by atoms with Crippen LogP contribution in [0.15, 0.2) is 36.7 Å². The minimum absolute atomic E-state index is 0.0906. The molecule has 7 nitrogen and oxygen atoms in total. The molecule has 1 amide bonds. The van der Waals surface area contributed by atoms with Crippen LogP contribution < -0.4 is 10.5 Å². The van der Waals surface area contributed by atoms with Crippen LogP contribution >= 0.6 is 0 Å². The van der Waals surface area contributed by atoms with E-state index in [0.29, 0.717) is 36.1 Å². The number of amides is 1. The molecule has 3 heterocycles. The van der Waals surface area contributed by atoms with E-state index in [4.69, 9.17) is 10.5 Å². The molecule has 1 saturated heterocycles. The summed E-state index contributed by atoms with van der Waals surface area (Å²) in [5.41, 5.74) is 8.48. The molecule has 0 radical (unpaired) electrons. The number of ether oxygens (including phenoxy) is 1. The van der Waals surface area contributed by atoms with E-state index >= 15 is 0 Å². The van der Waals surface area contributed by atoms with Crippen molar-refractivity contribution in [2.45, 2.75) is 31.8 Å². The maximum Gasteiger partial charge on any atom is 0.239 e. The number of likely N-dealkylation sites (tertiary alicyclic amines) is 1. The van der Waals surface area contributed by atoms with Gasteiger partial charge in [-0.1, -0.05) is 6.07 Å². The van der Waals surface area contributed by atoms with Gasteiger partial charge in [-0.05, 0) is 63.2 Å². The third kappa shape index (κ3) is 4.40. The highest BCUT2D eigenvalue weighted by molar-refractivity contribution is 5.86. The normalized spacial score (nSPS) is 17.5. The van der Waals surface area contributed by atoms with Crippen molar-refractivity contribution in [2.75, 3.05) is 27.2 Å². The number of benzene rings is 1. The molecule has 31 heavy (non-hydrogen) atoms. The van der Waals surface area contributed by atoms with E-state index in [1.54, 1.807) is 29.3 Å². The summed E-state index contributed by atoms with van der Waals surface area (Å²) >= 11 is 0. The van der Waals surface area contributed by atoms with Gasteiger partial charge in [-0.25, -0.2) is 9.37 Å². The fraction of sp³-hybridized carbons (Fsp3) is 0.391. The van der Waals surface area contributed by atoms with E-state index in [9.17, 15) is 9.18 Å². The monoisotopic (exact) mass is 425 g/mol. The van der Waals surface area contributed by atoms with Crippen LogP contribution in [0.2, 0.25) is 0 Å². The molecule has 8 heteroatoms. The number of aromatic amines is 1. The van der Waals surface area contributed by atoms with Crippen molar-refractivity contribution in [1.82, 2.24) is 19.8 Å². The van der Waals surface area contributed by atoms with Gasteiger partial charge < -0.3 is 25.3 Å². The molecule has 1 aromatic carbocycles. The molecule has 2 atom stereocenters. The molecule has 164 valence electrons. The van der Waals surface area contributed by atoms with Crippen LogP contribution in [0.4, 0.5) is 4.39 Å². The molecule has 0 saturated carbocycles. The first-order chi connectivity index (χ1) is 14.8. The minimum Gasteiger partial charge on any atom is -0.453 e. The average molecular weight is 426 g/mol. The summed E-state index contributed by atoms with van der Waals surface area (Å²) in [6.45, 7) is 3.32. The Morgan fingerprint density at radius 2 is 2.19 bits per heavy atom. The molecule has 1 unspecified atom stereocenters. The molecule has 1 aliphatic rings. The van der Waals surface area contributed by atoms with Crippen molar-refractivity contribution >= 4 is 16.9 Å². The summed E-state index contributed by atoms with van der Waals surface area (Å²) in [4.78, 5) is 23.9. The number of halogens is 1. The summed E-state index contributed by atoms with van der Waals surface area (Å²) in [6.07, 6.45) is 4.66. The van der Waals surface area contributed by atoms with Gasteiger partial charge in [-0.15, -0.1) is 0 Å². The zero-order valence-electron chi connectivity index (χ0n) is 18.1. The molecular formula is C23H28FN5O2. The highest BCUT2D eigenvalue weighted by Crippen LogP contribution is 2.32. The third-order valence-electron chi connectivity index (χ3n) is 5.93. The van der Waals surface area contributed by atoms with Crippen LogP contribution in [-0.4, -0.2) is 64.9 Å². The second-order valence-corrected chi connectivity index (χ2v) is 8.37. The Morgan fingerprint density at radius 1 is 1.39 bits per heavy atom. The topological polar surface area (TPSA) is 87.5 Å². The Morgan fingerprint density at radius 3 is 2.90 bits per heavy atom. The van der Waals surface area contributed by atoms with Crippen LogP contribution in [-0.2, 0) is 11.2 Å². The number of nitrogens with two attached hydrogens (primary N) is 1. The Bertz CT molecular complexity index is 1100. The first-order valence-corrected chi connectivity index (χ1v) is 10.4. The summed E-state index contributed by atoms with van der Waals surface area (Å²) in [5, 5.41) is 0.820. The van der Waals surface area contributed by atoms with Gasteiger partial charge in [0.2, 0.25) is 5.91 Å². The minimum atomic E-state index is -0.700. The van der Waals surface area contributed by atoms with E-state index in [1.807, 2.05) is 27.2 Å². The van der Waals surface area contributed by atoms with Crippen molar-refractivity contribution in [2.24, 2.45) is 5.73 Å². The van der Waals surface area contributed by atoms with E-state index in [-0.39, 0.29) is 18.1 Å². The predicted molar refractivity (Wildman–Crippen MR) is 118 cm³/mol. The van der Waals surface area contributed by atoms with Gasteiger partial charge in [0.1, 0.15) is 11.4 Å². The number of hydrogen-bond donors (Lipinski definition) is 2. The SMILES string of the molecule is Cc1c[nH]c2nccc(Oc3ccc(CC(N)C(=O)N4CC[C@H](N(C)C)C4)cc3F)c12. The number of fused-ring (bicyclic) bond motifs is 1. The molecule has 0 spiro atoms. The molecule has 3 aromatic rings. The second-order valence-electron chi connectivity index (χ2n) is 8.37. The Balaban J connectivity index is 1.44. The van der Waals surface area contributed by atoms with Gasteiger partial charge in [0, 0.05) is 31.5 Å². The standard InChI is InChI=1S/C23H28FN5O2/c1-14-12-27-22-21(14)20(6-8-26-22)31-19-5-4-15(10-17(19)24)11-18(25)23(30)29-9-7-16(13-29)28(2)3/h4-6,8,10,12,16,18H,7,9,11,13,25H2,1-3H3,(H,26,27)/t16-,18?/m0/s1. The Kier molecular flexibility index (Phi) is 5.93. The molecule has 1 aliphatic heterocycles. The fourth-order valence-corrected chi connectivity index (χ4v) is 4.08. The van der Waals surface area contributed by atoms with Crippen molar-refractivity contribution < 1.29 is 13.9 Å². The van der Waals surface area contributed by atoms with Crippen molar-refractivity contribution in [3.05, 3.63) is 53.6 Å². The van der Waals surface area contributed by atoms with E-state index in [0.717, 1.165) is 17.4 Å². The van der Waals surface area contributed by atoms with Crippen molar-refractivity contribution in [3.8, 4) is 11.5 Å². The van der Waals surface area contributed by atoms with Crippen LogP contribution in [0, 0.1) is 12.7 Å². The first-order valence-electron chi connectivity index (χ1n) is 10.4. The number of hydrogen-bond acceptors (Lipinski definition) is 5. The number of pyridine rings is 1. The number of aryl methyl sites for hydroxylation is 1. The number of carbonyl (C=O) groups excluding carboxylic acids is 1. The van der Waals surface area contributed by atoms with Crippen LogP contribution in [0.5, 0.6) is 11.5 Å². The van der Waals surface area contributed by atoms with Gasteiger partial charge in [0.05, 0.1) is 11.4 Å². The molecule has 1 fully saturated rings. The molecular weight excluding hydrogens is 397 g/mol. The smallest absolute Gasteiger partial charge is 0.239 e. The van der Waals surface area contributed by atoms with Crippen molar-refractivity contribution in [1.29, 1.82) is 0 Å². The lowest BCUT2D eigenvalue weighted by Gasteiger charge is -2.23. The van der Waals surface area contributed by atoms with E-state index in [1.165, 1.54) is 6.07 Å². The summed E-state index contributed by atoms with van der Waals surface area (Å²) < 4.78 is 20.6. The van der Waals surface area contributed by atoms with Gasteiger partial charge >= 0.3 is 0 Å². The number of nitrogens with zero attached hydrogens (tertiary/aromatic N) is 3. The predicted octanol–water partition coefficient (Wildman–Crippen LogP) is 2.84. The number of aromatic nitrogens is 2. The van der Waals surface area contributed by atoms with Crippen LogP contribution in [0.25, 0.3) is 11.0 Å².